The van der Waals surface area contributed by atoms with Crippen LogP contribution in [-0.4, -0.2) is 25.8 Å². The Morgan fingerprint density at radius 1 is 1.12 bits per heavy atom. The fraction of sp³-hybridized carbons (Fsp3) is 0.368. The van der Waals surface area contributed by atoms with Gasteiger partial charge in [0.05, 0.1) is 0 Å². The molecule has 1 saturated heterocycles. The highest BCUT2D eigenvalue weighted by Crippen LogP contribution is 2.34. The molecular formula is C19H24N2O3S. The number of nitrogens with two attached hydrogens (primary N) is 1. The van der Waals surface area contributed by atoms with Gasteiger partial charge in [-0.15, -0.1) is 0 Å². The highest BCUT2D eigenvalue weighted by molar-refractivity contribution is 7.86. The SMILES string of the molecule is Cc1cccc(COc2ccccc2C2CCN(S(N)(=O)=O)CC2)c1. The smallest absolute Gasteiger partial charge is 0.276 e. The first-order valence-corrected chi connectivity index (χ1v) is 9.99. The largest absolute Gasteiger partial charge is 0.489 e. The van der Waals surface area contributed by atoms with E-state index in [-0.39, 0.29) is 5.92 Å². The average molecular weight is 360 g/mol. The van der Waals surface area contributed by atoms with Crippen LogP contribution in [0.2, 0.25) is 0 Å². The van der Waals surface area contributed by atoms with Gasteiger partial charge in [0.25, 0.3) is 10.2 Å². The molecule has 5 nitrogen and oxygen atoms in total. The van der Waals surface area contributed by atoms with Crippen LogP contribution in [0.3, 0.4) is 0 Å². The first kappa shape index (κ1) is 17.9. The molecule has 2 aromatic carbocycles. The van der Waals surface area contributed by atoms with Crippen molar-refractivity contribution >= 4 is 10.2 Å². The molecule has 134 valence electrons. The summed E-state index contributed by atoms with van der Waals surface area (Å²) in [5.41, 5.74) is 3.49. The molecule has 0 bridgehead atoms. The average Bonchev–Trinajstić information content (AvgIpc) is 2.60. The second-order valence-corrected chi connectivity index (χ2v) is 8.08. The Kier molecular flexibility index (Phi) is 5.42. The third-order valence-electron chi connectivity index (χ3n) is 4.65. The van der Waals surface area contributed by atoms with Crippen molar-refractivity contribution in [3.8, 4) is 5.75 Å². The third kappa shape index (κ3) is 4.60. The van der Waals surface area contributed by atoms with E-state index < -0.39 is 10.2 Å². The summed E-state index contributed by atoms with van der Waals surface area (Å²) in [6, 6.07) is 16.3. The van der Waals surface area contributed by atoms with Crippen LogP contribution < -0.4 is 9.88 Å². The van der Waals surface area contributed by atoms with Crippen molar-refractivity contribution in [2.24, 2.45) is 5.14 Å². The molecule has 0 saturated carbocycles. The summed E-state index contributed by atoms with van der Waals surface area (Å²) in [5, 5.41) is 5.22. The number of aryl methyl sites for hydroxylation is 1. The molecule has 0 radical (unpaired) electrons. The van der Waals surface area contributed by atoms with E-state index in [1.165, 1.54) is 9.87 Å². The van der Waals surface area contributed by atoms with E-state index in [9.17, 15) is 8.42 Å². The molecule has 0 atom stereocenters. The molecule has 2 aromatic rings. The van der Waals surface area contributed by atoms with Gasteiger partial charge in [-0.2, -0.15) is 12.7 Å². The van der Waals surface area contributed by atoms with Gasteiger partial charge in [-0.1, -0.05) is 48.0 Å². The number of nitrogens with zero attached hydrogens (tertiary/aromatic N) is 1. The second kappa shape index (κ2) is 7.56. The Hall–Kier alpha value is -1.89. The molecular weight excluding hydrogens is 336 g/mol. The second-order valence-electron chi connectivity index (χ2n) is 6.53. The predicted octanol–water partition coefficient (Wildman–Crippen LogP) is 2.96. The van der Waals surface area contributed by atoms with Gasteiger partial charge in [0.1, 0.15) is 12.4 Å². The van der Waals surface area contributed by atoms with Gasteiger partial charge in [-0.3, -0.25) is 0 Å². The lowest BCUT2D eigenvalue weighted by Gasteiger charge is -2.30. The zero-order valence-electron chi connectivity index (χ0n) is 14.4. The van der Waals surface area contributed by atoms with Gasteiger partial charge in [0.15, 0.2) is 0 Å². The van der Waals surface area contributed by atoms with Crippen LogP contribution in [0.1, 0.15) is 35.4 Å². The number of hydrogen-bond donors (Lipinski definition) is 1. The molecule has 0 aromatic heterocycles. The lowest BCUT2D eigenvalue weighted by molar-refractivity contribution is 0.286. The fourth-order valence-corrected chi connectivity index (χ4v) is 4.05. The molecule has 6 heteroatoms. The van der Waals surface area contributed by atoms with E-state index in [0.29, 0.717) is 19.7 Å². The number of para-hydroxylation sites is 1. The van der Waals surface area contributed by atoms with Crippen molar-refractivity contribution in [2.45, 2.75) is 32.3 Å². The number of ether oxygens (including phenoxy) is 1. The predicted molar refractivity (Wildman–Crippen MR) is 98.6 cm³/mol. The maximum absolute atomic E-state index is 11.5. The summed E-state index contributed by atoms with van der Waals surface area (Å²) in [7, 11) is -3.59. The van der Waals surface area contributed by atoms with Gasteiger partial charge < -0.3 is 4.74 Å². The molecule has 3 rings (SSSR count). The number of benzene rings is 2. The van der Waals surface area contributed by atoms with Crippen molar-refractivity contribution in [1.29, 1.82) is 0 Å². The van der Waals surface area contributed by atoms with E-state index in [2.05, 4.69) is 31.2 Å². The summed E-state index contributed by atoms with van der Waals surface area (Å²) < 4.78 is 30.3. The molecule has 0 aliphatic carbocycles. The quantitative estimate of drug-likeness (QED) is 0.891. The zero-order chi connectivity index (χ0) is 17.9. The number of rotatable bonds is 5. The highest BCUT2D eigenvalue weighted by Gasteiger charge is 2.27. The van der Waals surface area contributed by atoms with Crippen molar-refractivity contribution in [2.75, 3.05) is 13.1 Å². The Balaban J connectivity index is 1.69. The molecule has 1 aliphatic heterocycles. The summed E-state index contributed by atoms with van der Waals surface area (Å²) in [6.45, 7) is 3.50. The van der Waals surface area contributed by atoms with Gasteiger partial charge in [-0.05, 0) is 42.9 Å². The van der Waals surface area contributed by atoms with E-state index in [1.54, 1.807) is 0 Å². The first-order chi connectivity index (χ1) is 11.9. The summed E-state index contributed by atoms with van der Waals surface area (Å²) in [4.78, 5) is 0. The van der Waals surface area contributed by atoms with Crippen LogP contribution in [0.4, 0.5) is 0 Å². The lowest BCUT2D eigenvalue weighted by Crippen LogP contribution is -2.41. The molecule has 1 aliphatic rings. The standard InChI is InChI=1S/C19H24N2O3S/c1-15-5-4-6-16(13-15)14-24-19-8-3-2-7-18(19)17-9-11-21(12-10-17)25(20,22)23/h2-8,13,17H,9-12,14H2,1H3,(H2,20,22,23). The minimum Gasteiger partial charge on any atom is -0.489 e. The number of piperidine rings is 1. The van der Waals surface area contributed by atoms with Gasteiger partial charge >= 0.3 is 0 Å². The Morgan fingerprint density at radius 3 is 2.52 bits per heavy atom. The molecule has 0 spiro atoms. The molecule has 1 fully saturated rings. The topological polar surface area (TPSA) is 72.6 Å². The molecule has 25 heavy (non-hydrogen) atoms. The molecule has 2 N–H and O–H groups in total. The number of hydrogen-bond acceptors (Lipinski definition) is 3. The maximum Gasteiger partial charge on any atom is 0.276 e. The van der Waals surface area contributed by atoms with Crippen molar-refractivity contribution in [3.05, 3.63) is 65.2 Å². The molecule has 0 amide bonds. The van der Waals surface area contributed by atoms with Gasteiger partial charge in [0, 0.05) is 13.1 Å². The highest BCUT2D eigenvalue weighted by atomic mass is 32.2. The summed E-state index contributed by atoms with van der Waals surface area (Å²) in [5.74, 6) is 1.16. The Morgan fingerprint density at radius 2 is 1.84 bits per heavy atom. The monoisotopic (exact) mass is 360 g/mol. The van der Waals surface area contributed by atoms with Crippen LogP contribution in [-0.2, 0) is 16.8 Å². The molecule has 1 heterocycles. The van der Waals surface area contributed by atoms with Crippen LogP contribution in [0, 0.1) is 6.92 Å². The van der Waals surface area contributed by atoms with Crippen LogP contribution in [0.15, 0.2) is 48.5 Å². The minimum absolute atomic E-state index is 0.284. The van der Waals surface area contributed by atoms with Gasteiger partial charge in [0.2, 0.25) is 0 Å². The van der Waals surface area contributed by atoms with Crippen LogP contribution in [0.25, 0.3) is 0 Å². The zero-order valence-corrected chi connectivity index (χ0v) is 15.2. The Labute approximate surface area is 149 Å². The minimum atomic E-state index is -3.59. The summed E-state index contributed by atoms with van der Waals surface area (Å²) in [6.07, 6.45) is 1.50. The van der Waals surface area contributed by atoms with E-state index >= 15 is 0 Å². The fourth-order valence-electron chi connectivity index (χ4n) is 3.33. The van der Waals surface area contributed by atoms with Crippen LogP contribution >= 0.6 is 0 Å². The van der Waals surface area contributed by atoms with Gasteiger partial charge in [-0.25, -0.2) is 5.14 Å². The molecule has 0 unspecified atom stereocenters. The van der Waals surface area contributed by atoms with E-state index in [4.69, 9.17) is 9.88 Å². The lowest BCUT2D eigenvalue weighted by atomic mass is 9.89. The van der Waals surface area contributed by atoms with Crippen molar-refractivity contribution in [1.82, 2.24) is 4.31 Å². The van der Waals surface area contributed by atoms with Crippen molar-refractivity contribution in [3.63, 3.8) is 0 Å². The Bertz CT molecular complexity index is 828. The maximum atomic E-state index is 11.5. The summed E-state index contributed by atoms with van der Waals surface area (Å²) >= 11 is 0. The first-order valence-electron chi connectivity index (χ1n) is 8.48. The van der Waals surface area contributed by atoms with Crippen LogP contribution in [0.5, 0.6) is 5.75 Å². The van der Waals surface area contributed by atoms with E-state index in [0.717, 1.165) is 29.7 Å². The van der Waals surface area contributed by atoms with E-state index in [1.807, 2.05) is 24.3 Å². The third-order valence-corrected chi connectivity index (χ3v) is 5.73. The van der Waals surface area contributed by atoms with Crippen molar-refractivity contribution < 1.29 is 13.2 Å². The normalized spacial score (nSPS) is 16.7.